The number of hydrogen-bond acceptors (Lipinski definition) is 4. The summed E-state index contributed by atoms with van der Waals surface area (Å²) in [5.41, 5.74) is 2.91. The zero-order valence-electron chi connectivity index (χ0n) is 12.9. The second-order valence-electron chi connectivity index (χ2n) is 5.11. The van der Waals surface area contributed by atoms with Crippen LogP contribution in [-0.4, -0.2) is 24.3 Å². The Labute approximate surface area is 130 Å². The third-order valence-electron chi connectivity index (χ3n) is 3.40. The Hall–Kier alpha value is -2.33. The number of esters is 1. The Morgan fingerprint density at radius 1 is 1.05 bits per heavy atom. The van der Waals surface area contributed by atoms with Gasteiger partial charge in [-0.15, -0.1) is 0 Å². The monoisotopic (exact) mass is 300 g/mol. The lowest BCUT2D eigenvalue weighted by Gasteiger charge is -2.13. The van der Waals surface area contributed by atoms with Crippen molar-refractivity contribution in [2.75, 3.05) is 7.11 Å². The van der Waals surface area contributed by atoms with Crippen molar-refractivity contribution >= 4 is 5.97 Å². The number of carbonyl (C=O) groups is 1. The van der Waals surface area contributed by atoms with E-state index in [-0.39, 0.29) is 0 Å². The molecule has 0 saturated heterocycles. The quantitative estimate of drug-likeness (QED) is 0.860. The van der Waals surface area contributed by atoms with Gasteiger partial charge in [-0.05, 0) is 48.7 Å². The van der Waals surface area contributed by atoms with Gasteiger partial charge in [-0.25, -0.2) is 4.79 Å². The average Bonchev–Trinajstić information content (AvgIpc) is 2.54. The van der Waals surface area contributed by atoms with Crippen LogP contribution in [0.1, 0.15) is 25.5 Å². The van der Waals surface area contributed by atoms with Crippen LogP contribution in [0.3, 0.4) is 0 Å². The third-order valence-corrected chi connectivity index (χ3v) is 3.40. The van der Waals surface area contributed by atoms with E-state index in [9.17, 15) is 9.90 Å². The van der Waals surface area contributed by atoms with Crippen molar-refractivity contribution in [3.63, 3.8) is 0 Å². The van der Waals surface area contributed by atoms with Crippen molar-refractivity contribution in [3.8, 4) is 16.9 Å². The minimum absolute atomic E-state index is 0.409. The van der Waals surface area contributed by atoms with Gasteiger partial charge in [0.2, 0.25) is 0 Å². The van der Waals surface area contributed by atoms with Gasteiger partial charge in [0.15, 0.2) is 6.10 Å². The molecule has 0 fully saturated rings. The maximum Gasteiger partial charge on any atom is 0.346 e. The molecule has 2 aromatic rings. The smallest absolute Gasteiger partial charge is 0.346 e. The number of benzene rings is 2. The van der Waals surface area contributed by atoms with Crippen LogP contribution in [0.15, 0.2) is 48.5 Å². The summed E-state index contributed by atoms with van der Waals surface area (Å²) in [6.45, 7) is 3.39. The molecule has 1 N–H and O–H groups in total. The van der Waals surface area contributed by atoms with E-state index < -0.39 is 18.2 Å². The highest BCUT2D eigenvalue weighted by Crippen LogP contribution is 2.25. The van der Waals surface area contributed by atoms with Crippen molar-refractivity contribution in [3.05, 3.63) is 54.1 Å². The summed E-state index contributed by atoms with van der Waals surface area (Å²) >= 11 is 0. The van der Waals surface area contributed by atoms with E-state index in [1.165, 1.54) is 7.11 Å². The minimum Gasteiger partial charge on any atom is -0.479 e. The van der Waals surface area contributed by atoms with Crippen LogP contribution in [-0.2, 0) is 9.53 Å². The summed E-state index contributed by atoms with van der Waals surface area (Å²) < 4.78 is 10.1. The van der Waals surface area contributed by atoms with Gasteiger partial charge in [0, 0.05) is 0 Å². The number of hydrogen-bond donors (Lipinski definition) is 1. The van der Waals surface area contributed by atoms with Crippen molar-refractivity contribution in [2.45, 2.75) is 26.1 Å². The highest BCUT2D eigenvalue weighted by Gasteiger charge is 2.14. The second kappa shape index (κ2) is 7.09. The molecule has 0 aliphatic carbocycles. The molecule has 0 aromatic heterocycles. The van der Waals surface area contributed by atoms with Crippen LogP contribution in [0.25, 0.3) is 11.1 Å². The molecule has 0 amide bonds. The van der Waals surface area contributed by atoms with Gasteiger partial charge in [-0.2, -0.15) is 0 Å². The third kappa shape index (κ3) is 3.86. The molecular weight excluding hydrogens is 280 g/mol. The molecule has 2 atom stereocenters. The largest absolute Gasteiger partial charge is 0.479 e. The summed E-state index contributed by atoms with van der Waals surface area (Å²) in [6, 6.07) is 15.2. The van der Waals surface area contributed by atoms with E-state index in [2.05, 4.69) is 4.74 Å². The lowest BCUT2D eigenvalue weighted by molar-refractivity contribution is -0.147. The maximum absolute atomic E-state index is 11.3. The summed E-state index contributed by atoms with van der Waals surface area (Å²) in [7, 11) is 1.33. The second-order valence-corrected chi connectivity index (χ2v) is 5.11. The van der Waals surface area contributed by atoms with E-state index in [1.54, 1.807) is 13.8 Å². The van der Waals surface area contributed by atoms with E-state index in [4.69, 9.17) is 4.74 Å². The maximum atomic E-state index is 11.3. The van der Waals surface area contributed by atoms with Crippen LogP contribution in [0, 0.1) is 0 Å². The van der Waals surface area contributed by atoms with Crippen LogP contribution >= 0.6 is 0 Å². The molecule has 2 aromatic carbocycles. The van der Waals surface area contributed by atoms with Gasteiger partial charge < -0.3 is 14.6 Å². The zero-order valence-corrected chi connectivity index (χ0v) is 12.9. The first kappa shape index (κ1) is 16.0. The first-order valence-electron chi connectivity index (χ1n) is 7.14. The Kier molecular flexibility index (Phi) is 5.17. The van der Waals surface area contributed by atoms with Crippen LogP contribution in [0.4, 0.5) is 0 Å². The normalized spacial score (nSPS) is 13.3. The number of rotatable bonds is 5. The summed E-state index contributed by atoms with van der Waals surface area (Å²) in [6.07, 6.45) is -1.14. The molecule has 0 spiro atoms. The molecule has 0 radical (unpaired) electrons. The van der Waals surface area contributed by atoms with Gasteiger partial charge in [0.1, 0.15) is 5.75 Å². The van der Waals surface area contributed by atoms with Crippen molar-refractivity contribution in [2.24, 2.45) is 0 Å². The fraction of sp³-hybridized carbons (Fsp3) is 0.278. The molecule has 4 nitrogen and oxygen atoms in total. The van der Waals surface area contributed by atoms with E-state index in [1.807, 2.05) is 48.5 Å². The van der Waals surface area contributed by atoms with Gasteiger partial charge in [-0.1, -0.05) is 30.3 Å². The summed E-state index contributed by atoms with van der Waals surface area (Å²) in [4.78, 5) is 11.3. The Morgan fingerprint density at radius 3 is 2.32 bits per heavy atom. The first-order valence-corrected chi connectivity index (χ1v) is 7.14. The number of aliphatic hydroxyl groups excluding tert-OH is 1. The fourth-order valence-electron chi connectivity index (χ4n) is 2.12. The number of carbonyl (C=O) groups excluding carboxylic acids is 1. The van der Waals surface area contributed by atoms with Crippen molar-refractivity contribution in [1.82, 2.24) is 0 Å². The molecule has 116 valence electrons. The van der Waals surface area contributed by atoms with Crippen LogP contribution in [0.2, 0.25) is 0 Å². The standard InChI is InChI=1S/C18H20O4/c1-12(19)15-5-4-6-16(11-15)14-7-9-17(10-8-14)22-13(2)18(20)21-3/h4-13,19H,1-3H3/t12-,13+/m1/s1. The molecule has 0 saturated carbocycles. The van der Waals surface area contributed by atoms with Crippen LogP contribution < -0.4 is 4.74 Å². The topological polar surface area (TPSA) is 55.8 Å². The molecule has 0 bridgehead atoms. The SMILES string of the molecule is COC(=O)[C@H](C)Oc1ccc(-c2cccc([C@@H](C)O)c2)cc1. The highest BCUT2D eigenvalue weighted by molar-refractivity contribution is 5.74. The molecule has 4 heteroatoms. The van der Waals surface area contributed by atoms with E-state index >= 15 is 0 Å². The first-order chi connectivity index (χ1) is 10.5. The molecule has 22 heavy (non-hydrogen) atoms. The van der Waals surface area contributed by atoms with Crippen LogP contribution in [0.5, 0.6) is 5.75 Å². The lowest BCUT2D eigenvalue weighted by atomic mass is 10.0. The highest BCUT2D eigenvalue weighted by atomic mass is 16.6. The zero-order chi connectivity index (χ0) is 16.1. The molecule has 2 rings (SSSR count). The molecule has 0 unspecified atom stereocenters. The number of ether oxygens (including phenoxy) is 2. The van der Waals surface area contributed by atoms with Gasteiger partial charge in [-0.3, -0.25) is 0 Å². The Morgan fingerprint density at radius 2 is 1.73 bits per heavy atom. The Balaban J connectivity index is 2.15. The van der Waals surface area contributed by atoms with Gasteiger partial charge in [0.25, 0.3) is 0 Å². The minimum atomic E-state index is -0.644. The molecular formula is C18H20O4. The number of aliphatic hydroxyl groups is 1. The molecule has 0 heterocycles. The Bertz CT molecular complexity index is 632. The van der Waals surface area contributed by atoms with Gasteiger partial charge >= 0.3 is 5.97 Å². The molecule has 0 aliphatic rings. The predicted octanol–water partition coefficient (Wildman–Crippen LogP) is 3.35. The molecule has 0 aliphatic heterocycles. The lowest BCUT2D eigenvalue weighted by Crippen LogP contribution is -2.24. The average molecular weight is 300 g/mol. The fourth-order valence-corrected chi connectivity index (χ4v) is 2.12. The van der Waals surface area contributed by atoms with Crippen molar-refractivity contribution in [1.29, 1.82) is 0 Å². The van der Waals surface area contributed by atoms with E-state index in [0.29, 0.717) is 5.75 Å². The van der Waals surface area contributed by atoms with E-state index in [0.717, 1.165) is 16.7 Å². The van der Waals surface area contributed by atoms with Crippen molar-refractivity contribution < 1.29 is 19.4 Å². The van der Waals surface area contributed by atoms with Gasteiger partial charge in [0.05, 0.1) is 13.2 Å². The predicted molar refractivity (Wildman–Crippen MR) is 84.6 cm³/mol. The summed E-state index contributed by atoms with van der Waals surface area (Å²) in [5.74, 6) is 0.196. The number of methoxy groups -OCH3 is 1. The summed E-state index contributed by atoms with van der Waals surface area (Å²) in [5, 5.41) is 9.65.